The van der Waals surface area contributed by atoms with E-state index in [1.54, 1.807) is 0 Å². The zero-order valence-corrected chi connectivity index (χ0v) is 13.5. The highest BCUT2D eigenvalue weighted by atomic mass is 79.9. The summed E-state index contributed by atoms with van der Waals surface area (Å²) in [6, 6.07) is 3.71. The maximum absolute atomic E-state index is 12.3. The minimum Gasteiger partial charge on any atom is -0.389 e. The Labute approximate surface area is 130 Å². The van der Waals surface area contributed by atoms with Crippen LogP contribution >= 0.6 is 15.9 Å². The van der Waals surface area contributed by atoms with Gasteiger partial charge in [-0.15, -0.1) is 0 Å². The Balaban J connectivity index is 2.27. The molecule has 0 amide bonds. The number of hydrogen-bond acceptors (Lipinski definition) is 5. The van der Waals surface area contributed by atoms with E-state index in [9.17, 15) is 23.6 Å². The van der Waals surface area contributed by atoms with Crippen molar-refractivity contribution in [2.75, 3.05) is 6.54 Å². The van der Waals surface area contributed by atoms with Crippen molar-refractivity contribution in [3.8, 4) is 0 Å². The molecule has 1 fully saturated rings. The van der Waals surface area contributed by atoms with E-state index in [0.717, 1.165) is 18.9 Å². The fraction of sp³-hybridized carbons (Fsp3) is 0.500. The number of nitro benzene ring substituents is 1. The maximum Gasteiger partial charge on any atom is 0.289 e. The van der Waals surface area contributed by atoms with E-state index in [2.05, 4.69) is 20.7 Å². The van der Waals surface area contributed by atoms with Crippen molar-refractivity contribution >= 4 is 31.6 Å². The van der Waals surface area contributed by atoms with E-state index in [1.165, 1.54) is 12.1 Å². The second-order valence-corrected chi connectivity index (χ2v) is 7.78. The van der Waals surface area contributed by atoms with Crippen LogP contribution in [-0.4, -0.2) is 30.6 Å². The van der Waals surface area contributed by atoms with Crippen molar-refractivity contribution in [3.63, 3.8) is 0 Å². The van der Waals surface area contributed by atoms with Gasteiger partial charge in [0.25, 0.3) is 5.69 Å². The van der Waals surface area contributed by atoms with Gasteiger partial charge in [0, 0.05) is 17.1 Å². The number of rotatable bonds is 5. The molecule has 0 atom stereocenters. The zero-order valence-electron chi connectivity index (χ0n) is 11.1. The minimum absolute atomic E-state index is 0.140. The Kier molecular flexibility index (Phi) is 4.66. The molecule has 0 aromatic heterocycles. The molecule has 1 aliphatic rings. The molecule has 1 aromatic carbocycles. The maximum atomic E-state index is 12.3. The van der Waals surface area contributed by atoms with Crippen molar-refractivity contribution in [1.29, 1.82) is 0 Å². The first-order valence-electron chi connectivity index (χ1n) is 6.40. The summed E-state index contributed by atoms with van der Waals surface area (Å²) < 4.78 is 27.2. The van der Waals surface area contributed by atoms with Crippen LogP contribution in [0.15, 0.2) is 27.6 Å². The molecule has 1 aromatic rings. The molecule has 2 N–H and O–H groups in total. The van der Waals surface area contributed by atoms with Crippen LogP contribution in [0.4, 0.5) is 5.69 Å². The van der Waals surface area contributed by atoms with Crippen molar-refractivity contribution in [2.24, 2.45) is 0 Å². The molecule has 9 heteroatoms. The number of halogens is 1. The standard InChI is InChI=1S/C12H15BrN2O5S/c13-9-3-4-10(15(17)18)11(7-9)21(19,20)14-8-12(16)5-1-2-6-12/h3-4,7,14,16H,1-2,5-6,8H2. The number of nitrogens with zero attached hydrogens (tertiary/aromatic N) is 1. The lowest BCUT2D eigenvalue weighted by atomic mass is 10.0. The average molecular weight is 379 g/mol. The number of benzene rings is 1. The number of hydrogen-bond donors (Lipinski definition) is 2. The second kappa shape index (κ2) is 5.99. The third-order valence-electron chi connectivity index (χ3n) is 3.53. The van der Waals surface area contributed by atoms with E-state index in [4.69, 9.17) is 0 Å². The molecule has 0 bridgehead atoms. The average Bonchev–Trinajstić information content (AvgIpc) is 2.84. The smallest absolute Gasteiger partial charge is 0.289 e. The zero-order chi connectivity index (χ0) is 15.7. The predicted octanol–water partition coefficient (Wildman–Crippen LogP) is 1.94. The molecule has 0 heterocycles. The van der Waals surface area contributed by atoms with Gasteiger partial charge in [0.05, 0.1) is 10.5 Å². The van der Waals surface area contributed by atoms with Crippen LogP contribution in [-0.2, 0) is 10.0 Å². The molecule has 116 valence electrons. The van der Waals surface area contributed by atoms with Crippen LogP contribution in [0.5, 0.6) is 0 Å². The third kappa shape index (κ3) is 3.79. The molecule has 0 spiro atoms. The van der Waals surface area contributed by atoms with Crippen LogP contribution in [0.1, 0.15) is 25.7 Å². The summed E-state index contributed by atoms with van der Waals surface area (Å²) in [6.45, 7) is -0.140. The predicted molar refractivity (Wildman–Crippen MR) is 79.4 cm³/mol. The first kappa shape index (κ1) is 16.3. The Morgan fingerprint density at radius 1 is 1.38 bits per heavy atom. The molecule has 1 saturated carbocycles. The highest BCUT2D eigenvalue weighted by molar-refractivity contribution is 9.10. The van der Waals surface area contributed by atoms with Crippen LogP contribution in [0.3, 0.4) is 0 Å². The van der Waals surface area contributed by atoms with E-state index in [1.807, 2.05) is 0 Å². The Morgan fingerprint density at radius 3 is 2.57 bits per heavy atom. The molecular formula is C12H15BrN2O5S. The van der Waals surface area contributed by atoms with E-state index in [-0.39, 0.29) is 6.54 Å². The summed E-state index contributed by atoms with van der Waals surface area (Å²) in [4.78, 5) is 9.79. The van der Waals surface area contributed by atoms with Crippen LogP contribution < -0.4 is 4.72 Å². The number of nitro groups is 1. The van der Waals surface area contributed by atoms with Gasteiger partial charge >= 0.3 is 0 Å². The Morgan fingerprint density at radius 2 is 2.00 bits per heavy atom. The highest BCUT2D eigenvalue weighted by Crippen LogP contribution is 2.30. The summed E-state index contributed by atoms with van der Waals surface area (Å²) in [6.07, 6.45) is 2.73. The lowest BCUT2D eigenvalue weighted by molar-refractivity contribution is -0.387. The van der Waals surface area contributed by atoms with Gasteiger partial charge in [-0.25, -0.2) is 13.1 Å². The summed E-state index contributed by atoms with van der Waals surface area (Å²) in [5.74, 6) is 0. The van der Waals surface area contributed by atoms with Crippen molar-refractivity contribution in [2.45, 2.75) is 36.2 Å². The summed E-state index contributed by atoms with van der Waals surface area (Å²) >= 11 is 3.10. The molecule has 0 saturated heterocycles. The monoisotopic (exact) mass is 378 g/mol. The number of nitrogens with one attached hydrogen (secondary N) is 1. The van der Waals surface area contributed by atoms with Crippen molar-refractivity contribution in [3.05, 3.63) is 32.8 Å². The van der Waals surface area contributed by atoms with Gasteiger partial charge < -0.3 is 5.11 Å². The highest BCUT2D eigenvalue weighted by Gasteiger charge is 2.34. The van der Waals surface area contributed by atoms with Gasteiger partial charge in [0.1, 0.15) is 0 Å². The lowest BCUT2D eigenvalue weighted by Gasteiger charge is -2.22. The molecule has 0 aliphatic heterocycles. The van der Waals surface area contributed by atoms with Crippen LogP contribution in [0, 0.1) is 10.1 Å². The van der Waals surface area contributed by atoms with Gasteiger partial charge in [0.2, 0.25) is 10.0 Å². The Bertz CT molecular complexity index is 656. The third-order valence-corrected chi connectivity index (χ3v) is 5.46. The fourth-order valence-electron chi connectivity index (χ4n) is 2.37. The second-order valence-electron chi connectivity index (χ2n) is 5.13. The minimum atomic E-state index is -4.07. The van der Waals surface area contributed by atoms with Crippen LogP contribution in [0.25, 0.3) is 0 Å². The molecule has 21 heavy (non-hydrogen) atoms. The SMILES string of the molecule is O=[N+]([O-])c1ccc(Br)cc1S(=O)(=O)NCC1(O)CCCC1. The molecule has 0 unspecified atom stereocenters. The topological polar surface area (TPSA) is 110 Å². The molecule has 2 rings (SSSR count). The van der Waals surface area contributed by atoms with Crippen molar-refractivity contribution in [1.82, 2.24) is 4.72 Å². The quantitative estimate of drug-likeness (QED) is 0.600. The molecule has 0 radical (unpaired) electrons. The fourth-order valence-corrected chi connectivity index (χ4v) is 4.20. The molecule has 1 aliphatic carbocycles. The number of sulfonamides is 1. The van der Waals surface area contributed by atoms with Crippen molar-refractivity contribution < 1.29 is 18.4 Å². The van der Waals surface area contributed by atoms with Gasteiger partial charge in [-0.1, -0.05) is 28.8 Å². The largest absolute Gasteiger partial charge is 0.389 e. The van der Waals surface area contributed by atoms with Gasteiger partial charge in [-0.05, 0) is 25.0 Å². The van der Waals surface area contributed by atoms with E-state index >= 15 is 0 Å². The van der Waals surface area contributed by atoms with Crippen LogP contribution in [0.2, 0.25) is 0 Å². The van der Waals surface area contributed by atoms with E-state index < -0.39 is 31.1 Å². The van der Waals surface area contributed by atoms with Gasteiger partial charge in [0.15, 0.2) is 4.90 Å². The molecular weight excluding hydrogens is 364 g/mol. The van der Waals surface area contributed by atoms with Gasteiger partial charge in [-0.3, -0.25) is 10.1 Å². The summed E-state index contributed by atoms with van der Waals surface area (Å²) in [7, 11) is -4.07. The normalized spacial score (nSPS) is 17.8. The molecule has 7 nitrogen and oxygen atoms in total. The van der Waals surface area contributed by atoms with E-state index in [0.29, 0.717) is 17.3 Å². The Hall–Kier alpha value is -1.03. The first-order valence-corrected chi connectivity index (χ1v) is 8.67. The number of aliphatic hydroxyl groups is 1. The first-order chi connectivity index (χ1) is 9.73. The summed E-state index contributed by atoms with van der Waals surface area (Å²) in [5, 5.41) is 21.1. The van der Waals surface area contributed by atoms with Gasteiger partial charge in [-0.2, -0.15) is 0 Å². The summed E-state index contributed by atoms with van der Waals surface area (Å²) in [5.41, 5.74) is -1.56. The lowest BCUT2D eigenvalue weighted by Crippen LogP contribution is -2.40.